The molecular weight excluding hydrogens is 527 g/mol. The van der Waals surface area contributed by atoms with Crippen molar-refractivity contribution in [3.05, 3.63) is 89.5 Å². The molecule has 0 heterocycles. The summed E-state index contributed by atoms with van der Waals surface area (Å²) in [5, 5.41) is 26.9. The molecular formula is C28H26F3N5O4. The summed E-state index contributed by atoms with van der Waals surface area (Å²) in [6.45, 7) is 1.41. The van der Waals surface area contributed by atoms with Gasteiger partial charge in [0.05, 0.1) is 11.6 Å². The highest BCUT2D eigenvalue weighted by molar-refractivity contribution is 5.98. The van der Waals surface area contributed by atoms with Crippen LogP contribution in [-0.2, 0) is 20.8 Å². The van der Waals surface area contributed by atoms with Gasteiger partial charge in [-0.2, -0.15) is 18.4 Å². The first kappa shape index (κ1) is 31.0. The number of hydrogen-bond donors (Lipinski definition) is 4. The number of halogens is 3. The van der Waals surface area contributed by atoms with Crippen molar-refractivity contribution in [2.75, 3.05) is 12.4 Å². The predicted octanol–water partition coefficient (Wildman–Crippen LogP) is 4.17. The van der Waals surface area contributed by atoms with Crippen LogP contribution in [0.15, 0.2) is 72.8 Å². The molecule has 0 bridgehead atoms. The van der Waals surface area contributed by atoms with Crippen LogP contribution in [0.2, 0.25) is 0 Å². The van der Waals surface area contributed by atoms with Gasteiger partial charge < -0.3 is 21.1 Å². The van der Waals surface area contributed by atoms with Gasteiger partial charge in [-0.3, -0.25) is 15.0 Å². The van der Waals surface area contributed by atoms with E-state index in [0.717, 1.165) is 16.7 Å². The van der Waals surface area contributed by atoms with Crippen LogP contribution in [0.3, 0.4) is 0 Å². The number of carbonyl (C=O) groups is 3. The fourth-order valence-electron chi connectivity index (χ4n) is 3.51. The molecule has 3 aromatic rings. The summed E-state index contributed by atoms with van der Waals surface area (Å²) in [5.41, 5.74) is 9.77. The monoisotopic (exact) mass is 553 g/mol. The van der Waals surface area contributed by atoms with E-state index in [4.69, 9.17) is 21.0 Å². The normalized spacial score (nSPS) is 11.2. The number of benzene rings is 3. The lowest BCUT2D eigenvalue weighted by Gasteiger charge is -2.26. The molecule has 0 aliphatic carbocycles. The molecule has 0 aliphatic heterocycles. The molecule has 0 fully saturated rings. The van der Waals surface area contributed by atoms with Crippen LogP contribution in [0.4, 0.5) is 18.9 Å². The van der Waals surface area contributed by atoms with Gasteiger partial charge in [0, 0.05) is 31.6 Å². The highest BCUT2D eigenvalue weighted by Crippen LogP contribution is 2.25. The van der Waals surface area contributed by atoms with Crippen molar-refractivity contribution >= 4 is 29.3 Å². The lowest BCUT2D eigenvalue weighted by atomic mass is 10.00. The summed E-state index contributed by atoms with van der Waals surface area (Å²) in [7, 11) is 1.59. The number of alkyl halides is 3. The lowest BCUT2D eigenvalue weighted by Crippen LogP contribution is -2.45. The number of hydrogen-bond acceptors (Lipinski definition) is 5. The summed E-state index contributed by atoms with van der Waals surface area (Å²) in [4.78, 5) is 35.4. The second-order valence-corrected chi connectivity index (χ2v) is 8.49. The minimum atomic E-state index is -5.08. The van der Waals surface area contributed by atoms with Gasteiger partial charge in [-0.1, -0.05) is 48.5 Å². The van der Waals surface area contributed by atoms with E-state index in [1.807, 2.05) is 36.4 Å². The van der Waals surface area contributed by atoms with Gasteiger partial charge in [0.1, 0.15) is 11.9 Å². The van der Waals surface area contributed by atoms with Crippen LogP contribution >= 0.6 is 0 Å². The zero-order valence-corrected chi connectivity index (χ0v) is 21.5. The van der Waals surface area contributed by atoms with Gasteiger partial charge in [-0.15, -0.1) is 0 Å². The van der Waals surface area contributed by atoms with E-state index in [1.165, 1.54) is 11.8 Å². The molecule has 0 radical (unpaired) electrons. The van der Waals surface area contributed by atoms with Gasteiger partial charge in [0.2, 0.25) is 11.8 Å². The highest BCUT2D eigenvalue weighted by atomic mass is 19.4. The molecule has 40 heavy (non-hydrogen) atoms. The third-order valence-electron chi connectivity index (χ3n) is 5.69. The van der Waals surface area contributed by atoms with Gasteiger partial charge in [0.25, 0.3) is 0 Å². The molecule has 0 aromatic heterocycles. The second-order valence-electron chi connectivity index (χ2n) is 8.49. The number of amides is 2. The molecule has 0 aliphatic rings. The molecule has 3 aromatic carbocycles. The van der Waals surface area contributed by atoms with Crippen molar-refractivity contribution in [2.45, 2.75) is 25.6 Å². The number of rotatable bonds is 7. The largest absolute Gasteiger partial charge is 0.490 e. The molecule has 2 amide bonds. The maximum atomic E-state index is 13.1. The first-order chi connectivity index (χ1) is 18.7. The molecule has 0 saturated heterocycles. The SMILES string of the molecule is CC(=O)N(C)[C@@H](Cc1cccc(C(=N)N)c1)C(=O)Nc1ccc(-c2ccccc2C#N)cc1.O=C(O)C(F)(F)F. The summed E-state index contributed by atoms with van der Waals surface area (Å²) in [5.74, 6) is -3.38. The number of carboxylic acid groups (broad SMARTS) is 1. The van der Waals surface area contributed by atoms with Gasteiger partial charge >= 0.3 is 12.1 Å². The number of nitrogens with two attached hydrogens (primary N) is 1. The molecule has 0 spiro atoms. The minimum absolute atomic E-state index is 0.0594. The highest BCUT2D eigenvalue weighted by Gasteiger charge is 2.38. The first-order valence-corrected chi connectivity index (χ1v) is 11.6. The molecule has 0 unspecified atom stereocenters. The van der Waals surface area contributed by atoms with Crippen LogP contribution in [-0.4, -0.2) is 52.9 Å². The standard InChI is InChI=1S/C26H25N5O2.C2HF3O2/c1-17(32)31(2)24(15-18-6-5-8-20(14-18)25(28)29)26(33)30-22-12-10-19(11-13-22)23-9-4-3-7-21(23)16-27;3-2(4,5)1(6)7/h3-14,24H,15H2,1-2H3,(H3,28,29)(H,30,33);(H,6,7)/t24-;/m0./s1. The Kier molecular flexibility index (Phi) is 10.5. The predicted molar refractivity (Wildman–Crippen MR) is 142 cm³/mol. The van der Waals surface area contributed by atoms with E-state index < -0.39 is 18.2 Å². The van der Waals surface area contributed by atoms with Crippen LogP contribution in [0, 0.1) is 16.7 Å². The number of aliphatic carboxylic acids is 1. The average Bonchev–Trinajstić information content (AvgIpc) is 2.91. The topological polar surface area (TPSA) is 160 Å². The zero-order chi connectivity index (χ0) is 30.0. The number of nitrogens with one attached hydrogen (secondary N) is 2. The second kappa shape index (κ2) is 13.6. The zero-order valence-electron chi connectivity index (χ0n) is 21.5. The Hall–Kier alpha value is -5.18. The Morgan fingerprint density at radius 1 is 1.07 bits per heavy atom. The maximum Gasteiger partial charge on any atom is 0.490 e. The van der Waals surface area contributed by atoms with Crippen LogP contribution in [0.5, 0.6) is 0 Å². The van der Waals surface area contributed by atoms with Gasteiger partial charge in [-0.05, 0) is 41.0 Å². The number of anilines is 1. The Morgan fingerprint density at radius 2 is 1.68 bits per heavy atom. The number of nitrogens with zero attached hydrogens (tertiary/aromatic N) is 2. The summed E-state index contributed by atoms with van der Waals surface area (Å²) in [6, 6.07) is 23.0. The molecule has 1 atom stereocenters. The molecule has 3 rings (SSSR count). The number of nitrogen functional groups attached to an aromatic ring is 1. The van der Waals surface area contributed by atoms with Crippen LogP contribution < -0.4 is 11.1 Å². The number of carbonyl (C=O) groups excluding carboxylic acids is 2. The van der Waals surface area contributed by atoms with E-state index in [-0.39, 0.29) is 24.1 Å². The summed E-state index contributed by atoms with van der Waals surface area (Å²) >= 11 is 0. The summed E-state index contributed by atoms with van der Waals surface area (Å²) < 4.78 is 31.7. The Bertz CT molecular complexity index is 1430. The smallest absolute Gasteiger partial charge is 0.475 e. The number of amidine groups is 1. The molecule has 9 nitrogen and oxygen atoms in total. The molecule has 12 heteroatoms. The van der Waals surface area contributed by atoms with E-state index in [0.29, 0.717) is 16.8 Å². The van der Waals surface area contributed by atoms with Crippen molar-refractivity contribution in [2.24, 2.45) is 5.73 Å². The third kappa shape index (κ3) is 8.70. The Balaban J connectivity index is 0.000000708. The van der Waals surface area contributed by atoms with Crippen LogP contribution in [0.1, 0.15) is 23.6 Å². The maximum absolute atomic E-state index is 13.1. The molecule has 208 valence electrons. The number of nitriles is 1. The first-order valence-electron chi connectivity index (χ1n) is 11.6. The van der Waals surface area contributed by atoms with E-state index in [9.17, 15) is 28.0 Å². The lowest BCUT2D eigenvalue weighted by molar-refractivity contribution is -0.192. The van der Waals surface area contributed by atoms with Crippen LogP contribution in [0.25, 0.3) is 11.1 Å². The minimum Gasteiger partial charge on any atom is -0.475 e. The fourth-order valence-corrected chi connectivity index (χ4v) is 3.51. The van der Waals surface area contributed by atoms with E-state index in [2.05, 4.69) is 11.4 Å². The number of likely N-dealkylation sites (N-methyl/N-ethyl adjacent to an activating group) is 1. The van der Waals surface area contributed by atoms with Gasteiger partial charge in [-0.25, -0.2) is 4.79 Å². The van der Waals surface area contributed by atoms with Crippen molar-refractivity contribution in [1.29, 1.82) is 10.7 Å². The Labute approximate surface area is 228 Å². The summed E-state index contributed by atoms with van der Waals surface area (Å²) in [6.07, 6.45) is -4.81. The van der Waals surface area contributed by atoms with Crippen molar-refractivity contribution in [3.63, 3.8) is 0 Å². The fraction of sp³-hybridized carbons (Fsp3) is 0.179. The van der Waals surface area contributed by atoms with E-state index in [1.54, 1.807) is 43.4 Å². The quantitative estimate of drug-likeness (QED) is 0.254. The average molecular weight is 554 g/mol. The third-order valence-corrected chi connectivity index (χ3v) is 5.69. The van der Waals surface area contributed by atoms with Crippen molar-refractivity contribution in [1.82, 2.24) is 4.90 Å². The number of carboxylic acids is 1. The van der Waals surface area contributed by atoms with Crippen molar-refractivity contribution < 1.29 is 32.7 Å². The Morgan fingerprint density at radius 3 is 2.20 bits per heavy atom. The van der Waals surface area contributed by atoms with Gasteiger partial charge in [0.15, 0.2) is 0 Å². The van der Waals surface area contributed by atoms with E-state index >= 15 is 0 Å². The molecule has 5 N–H and O–H groups in total. The molecule has 0 saturated carbocycles. The van der Waals surface area contributed by atoms with Crippen molar-refractivity contribution in [3.8, 4) is 17.2 Å².